The molecule has 2 heterocycles. The van der Waals surface area contributed by atoms with Gasteiger partial charge < -0.3 is 4.74 Å². The van der Waals surface area contributed by atoms with Crippen molar-refractivity contribution in [1.82, 2.24) is 4.90 Å². The van der Waals surface area contributed by atoms with Gasteiger partial charge in [-0.3, -0.25) is 4.90 Å². The van der Waals surface area contributed by atoms with Gasteiger partial charge in [-0.25, -0.2) is 4.39 Å². The first-order chi connectivity index (χ1) is 6.23. The van der Waals surface area contributed by atoms with Gasteiger partial charge in [0.25, 0.3) is 0 Å². The van der Waals surface area contributed by atoms with Gasteiger partial charge in [-0.15, -0.1) is 0 Å². The van der Waals surface area contributed by atoms with Crippen LogP contribution in [0.3, 0.4) is 0 Å². The van der Waals surface area contributed by atoms with Crippen LogP contribution in [0.25, 0.3) is 0 Å². The van der Waals surface area contributed by atoms with Crippen LogP contribution in [0.5, 0.6) is 0 Å². The standard InChI is InChI=1S/C10H18FNO/c1-2-10(11)3-5-12(6-4-10)9-7-13-8-9/h9H,2-8H2,1H3. The molecule has 0 aliphatic carbocycles. The second-order valence-electron chi connectivity index (χ2n) is 4.23. The Labute approximate surface area is 79.1 Å². The maximum Gasteiger partial charge on any atom is 0.113 e. The third-order valence-electron chi connectivity index (χ3n) is 3.46. The fourth-order valence-corrected chi connectivity index (χ4v) is 2.08. The molecule has 2 aliphatic heterocycles. The average molecular weight is 187 g/mol. The Hall–Kier alpha value is -0.150. The highest BCUT2D eigenvalue weighted by Crippen LogP contribution is 2.31. The zero-order chi connectivity index (χ0) is 9.31. The van der Waals surface area contributed by atoms with Crippen molar-refractivity contribution < 1.29 is 9.13 Å². The van der Waals surface area contributed by atoms with Crippen molar-refractivity contribution in [2.24, 2.45) is 0 Å². The third kappa shape index (κ3) is 1.86. The molecule has 0 bridgehead atoms. The Morgan fingerprint density at radius 3 is 2.38 bits per heavy atom. The molecule has 2 fully saturated rings. The van der Waals surface area contributed by atoms with Gasteiger partial charge in [0.2, 0.25) is 0 Å². The minimum atomic E-state index is -0.874. The lowest BCUT2D eigenvalue weighted by Crippen LogP contribution is -2.54. The maximum atomic E-state index is 13.8. The van der Waals surface area contributed by atoms with Crippen LogP contribution in [-0.4, -0.2) is 42.9 Å². The molecule has 0 atom stereocenters. The zero-order valence-corrected chi connectivity index (χ0v) is 8.26. The van der Waals surface area contributed by atoms with Crippen LogP contribution < -0.4 is 0 Å². The Morgan fingerprint density at radius 1 is 1.38 bits per heavy atom. The van der Waals surface area contributed by atoms with Gasteiger partial charge in [0.15, 0.2) is 0 Å². The molecule has 13 heavy (non-hydrogen) atoms. The summed E-state index contributed by atoms with van der Waals surface area (Å²) in [4.78, 5) is 2.37. The number of ether oxygens (including phenoxy) is 1. The van der Waals surface area contributed by atoms with Crippen molar-refractivity contribution in [3.05, 3.63) is 0 Å². The summed E-state index contributed by atoms with van der Waals surface area (Å²) in [5.74, 6) is 0. The molecule has 0 radical (unpaired) electrons. The zero-order valence-electron chi connectivity index (χ0n) is 8.26. The van der Waals surface area contributed by atoms with Gasteiger partial charge in [-0.1, -0.05) is 6.92 Å². The van der Waals surface area contributed by atoms with E-state index >= 15 is 0 Å². The molecule has 3 heteroatoms. The quantitative estimate of drug-likeness (QED) is 0.651. The monoisotopic (exact) mass is 187 g/mol. The predicted molar refractivity (Wildman–Crippen MR) is 49.5 cm³/mol. The Kier molecular flexibility index (Phi) is 2.56. The van der Waals surface area contributed by atoms with Crippen LogP contribution in [-0.2, 0) is 4.74 Å². The highest BCUT2D eigenvalue weighted by atomic mass is 19.1. The smallest absolute Gasteiger partial charge is 0.113 e. The Bertz CT molecular complexity index is 174. The largest absolute Gasteiger partial charge is 0.378 e. The number of rotatable bonds is 2. The van der Waals surface area contributed by atoms with Crippen LogP contribution >= 0.6 is 0 Å². The maximum absolute atomic E-state index is 13.8. The molecule has 2 aliphatic rings. The SMILES string of the molecule is CCC1(F)CCN(C2COC2)CC1. The Balaban J connectivity index is 1.81. The number of halogens is 1. The summed E-state index contributed by atoms with van der Waals surface area (Å²) in [5.41, 5.74) is -0.874. The lowest BCUT2D eigenvalue weighted by atomic mass is 9.90. The molecule has 0 aromatic carbocycles. The summed E-state index contributed by atoms with van der Waals surface area (Å²) in [6, 6.07) is 0.585. The van der Waals surface area contributed by atoms with E-state index in [1.54, 1.807) is 0 Å². The van der Waals surface area contributed by atoms with Crippen LogP contribution in [0.1, 0.15) is 26.2 Å². The van der Waals surface area contributed by atoms with Crippen molar-refractivity contribution in [2.45, 2.75) is 37.9 Å². The number of nitrogens with zero attached hydrogens (tertiary/aromatic N) is 1. The normalized spacial score (nSPS) is 30.0. The summed E-state index contributed by atoms with van der Waals surface area (Å²) in [6.07, 6.45) is 2.09. The third-order valence-corrected chi connectivity index (χ3v) is 3.46. The first kappa shape index (κ1) is 9.41. The van der Waals surface area contributed by atoms with Crippen LogP contribution in [0.15, 0.2) is 0 Å². The topological polar surface area (TPSA) is 12.5 Å². The van der Waals surface area contributed by atoms with Crippen molar-refractivity contribution in [1.29, 1.82) is 0 Å². The van der Waals surface area contributed by atoms with Gasteiger partial charge in [0.1, 0.15) is 5.67 Å². The molecule has 0 saturated carbocycles. The van der Waals surface area contributed by atoms with E-state index in [1.165, 1.54) is 0 Å². The van der Waals surface area contributed by atoms with Gasteiger partial charge in [-0.2, -0.15) is 0 Å². The highest BCUT2D eigenvalue weighted by molar-refractivity contribution is 4.89. The van der Waals surface area contributed by atoms with Gasteiger partial charge in [0.05, 0.1) is 19.3 Å². The second-order valence-corrected chi connectivity index (χ2v) is 4.23. The lowest BCUT2D eigenvalue weighted by Gasteiger charge is -2.43. The van der Waals surface area contributed by atoms with Crippen molar-refractivity contribution >= 4 is 0 Å². The van der Waals surface area contributed by atoms with E-state index in [0.29, 0.717) is 25.3 Å². The van der Waals surface area contributed by atoms with Gasteiger partial charge in [0, 0.05) is 13.1 Å². The van der Waals surface area contributed by atoms with E-state index in [9.17, 15) is 4.39 Å². The summed E-state index contributed by atoms with van der Waals surface area (Å²) in [6.45, 7) is 5.48. The lowest BCUT2D eigenvalue weighted by molar-refractivity contribution is -0.0850. The highest BCUT2D eigenvalue weighted by Gasteiger charge is 2.36. The molecule has 0 spiro atoms. The number of piperidine rings is 1. The predicted octanol–water partition coefficient (Wildman–Crippen LogP) is 1.60. The van der Waals surface area contributed by atoms with E-state index in [4.69, 9.17) is 4.74 Å². The van der Waals surface area contributed by atoms with E-state index < -0.39 is 5.67 Å². The van der Waals surface area contributed by atoms with Crippen molar-refractivity contribution in [3.8, 4) is 0 Å². The fourth-order valence-electron chi connectivity index (χ4n) is 2.08. The van der Waals surface area contributed by atoms with Gasteiger partial charge in [-0.05, 0) is 19.3 Å². The molecule has 0 N–H and O–H groups in total. The van der Waals surface area contributed by atoms with Gasteiger partial charge >= 0.3 is 0 Å². The summed E-state index contributed by atoms with van der Waals surface area (Å²) < 4.78 is 18.9. The molecule has 0 aromatic rings. The first-order valence-corrected chi connectivity index (χ1v) is 5.24. The van der Waals surface area contributed by atoms with Crippen molar-refractivity contribution in [2.75, 3.05) is 26.3 Å². The van der Waals surface area contributed by atoms with Crippen LogP contribution in [0.4, 0.5) is 4.39 Å². The Morgan fingerprint density at radius 2 is 2.00 bits per heavy atom. The number of hydrogen-bond acceptors (Lipinski definition) is 2. The van der Waals surface area contributed by atoms with Crippen LogP contribution in [0.2, 0.25) is 0 Å². The number of alkyl halides is 1. The first-order valence-electron chi connectivity index (χ1n) is 5.24. The molecule has 2 saturated heterocycles. The minimum Gasteiger partial charge on any atom is -0.378 e. The molecule has 76 valence electrons. The number of likely N-dealkylation sites (tertiary alicyclic amines) is 1. The molecular formula is C10H18FNO. The van der Waals surface area contributed by atoms with E-state index in [1.807, 2.05) is 6.92 Å². The molecule has 2 nitrogen and oxygen atoms in total. The second kappa shape index (κ2) is 3.54. The fraction of sp³-hybridized carbons (Fsp3) is 1.00. The summed E-state index contributed by atoms with van der Waals surface area (Å²) in [7, 11) is 0. The minimum absolute atomic E-state index is 0.585. The van der Waals surface area contributed by atoms with Crippen LogP contribution in [0, 0.1) is 0 Å². The van der Waals surface area contributed by atoms with E-state index in [2.05, 4.69) is 4.90 Å². The van der Waals surface area contributed by atoms with Crippen molar-refractivity contribution in [3.63, 3.8) is 0 Å². The molecule has 0 aromatic heterocycles. The molecule has 2 rings (SSSR count). The average Bonchev–Trinajstić information content (AvgIpc) is 2.06. The van der Waals surface area contributed by atoms with E-state index in [-0.39, 0.29) is 0 Å². The molecule has 0 unspecified atom stereocenters. The molecule has 0 amide bonds. The number of hydrogen-bond donors (Lipinski definition) is 0. The van der Waals surface area contributed by atoms with E-state index in [0.717, 1.165) is 26.3 Å². The molecular weight excluding hydrogens is 169 g/mol. The summed E-state index contributed by atoms with van der Waals surface area (Å²) in [5, 5.41) is 0. The summed E-state index contributed by atoms with van der Waals surface area (Å²) >= 11 is 0.